The first-order valence-corrected chi connectivity index (χ1v) is 0.704. The summed E-state index contributed by atoms with van der Waals surface area (Å²) in [5.41, 5.74) is 0. The van der Waals surface area contributed by atoms with Crippen molar-refractivity contribution >= 4 is 6.29 Å². The van der Waals surface area contributed by atoms with E-state index in [1.807, 2.05) is 0 Å². The first kappa shape index (κ1) is 29.3. The predicted molar refractivity (Wildman–Crippen MR) is 24.5 cm³/mol. The molecule has 0 aromatic heterocycles. The Hall–Kier alpha value is 0.774. The van der Waals surface area contributed by atoms with Crippen LogP contribution in [0.25, 0.3) is 0 Å². The van der Waals surface area contributed by atoms with Crippen molar-refractivity contribution in [2.45, 2.75) is 14.4 Å². The molecule has 0 atom stereocenters. The Morgan fingerprint density at radius 1 is 1.50 bits per heavy atom. The van der Waals surface area contributed by atoms with Crippen LogP contribution in [0.3, 0.4) is 0 Å². The number of carbonyl (C=O) groups excluding carboxylic acids is 1. The van der Waals surface area contributed by atoms with E-state index in [2.05, 4.69) is 0 Å². The fraction of sp³-hybridized carbons (Fsp3) is 0.500. The summed E-state index contributed by atoms with van der Waals surface area (Å²) in [5.74, 6) is 0. The van der Waals surface area contributed by atoms with Crippen molar-refractivity contribution in [3.63, 3.8) is 0 Å². The fourth-order valence-electron chi connectivity index (χ4n) is 0. The van der Waals surface area contributed by atoms with Crippen LogP contribution in [0, 0.1) is 7.43 Å². The van der Waals surface area contributed by atoms with Crippen LogP contribution in [0.2, 0.25) is 0 Å². The summed E-state index contributed by atoms with van der Waals surface area (Å²) in [6, 6.07) is 0. The van der Waals surface area contributed by atoms with Gasteiger partial charge in [-0.05, 0) is 0 Å². The van der Waals surface area contributed by atoms with E-state index in [1.54, 1.807) is 0 Å². The quantitative estimate of drug-likeness (QED) is 0.490. The fourth-order valence-corrected chi connectivity index (χ4v) is 0. The monoisotopic (exact) mass is 163 g/mol. The Balaban J connectivity index is -0.00000000667. The molecule has 6 heavy (non-hydrogen) atoms. The van der Waals surface area contributed by atoms with Gasteiger partial charge >= 0.3 is 0 Å². The second-order valence-electron chi connectivity index (χ2n) is 0.204. The number of rotatable bonds is 0. The molecule has 0 amide bonds. The van der Waals surface area contributed by atoms with Gasteiger partial charge in [-0.2, -0.15) is 6.92 Å². The van der Waals surface area contributed by atoms with E-state index in [0.29, 0.717) is 0 Å². The molecular weight excluding hydrogens is 153 g/mol. The van der Waals surface area contributed by atoms with Gasteiger partial charge in [-0.3, -0.25) is 6.29 Å². The summed E-state index contributed by atoms with van der Waals surface area (Å²) in [6.07, 6.45) is 1.50. The topological polar surface area (TPSA) is 17.1 Å². The molecule has 2 heteroatoms. The smallest absolute Gasteiger partial charge is 0 e. The van der Waals surface area contributed by atoms with E-state index in [9.17, 15) is 0 Å². The third-order valence-electron chi connectivity index (χ3n) is 0. The van der Waals surface area contributed by atoms with Crippen LogP contribution in [-0.4, -0.2) is 6.29 Å². The zero-order chi connectivity index (χ0) is 2.71. The molecule has 0 bridgehead atoms. The van der Waals surface area contributed by atoms with Gasteiger partial charge in [0.1, 0.15) is 0 Å². The first-order valence-electron chi connectivity index (χ1n) is 0.704. The van der Waals surface area contributed by atoms with Gasteiger partial charge in [0, 0.05) is 32.7 Å². The van der Waals surface area contributed by atoms with E-state index in [1.165, 1.54) is 13.2 Å². The predicted octanol–water partition coefficient (Wildman–Crippen LogP) is 1.20. The van der Waals surface area contributed by atoms with Gasteiger partial charge in [0.2, 0.25) is 0 Å². The molecule has 0 aliphatic rings. The van der Waals surface area contributed by atoms with Gasteiger partial charge in [-0.15, -0.1) is 0 Å². The average molecular weight is 163 g/mol. The summed E-state index contributed by atoms with van der Waals surface area (Å²) >= 11 is 0. The van der Waals surface area contributed by atoms with Crippen molar-refractivity contribution in [2.75, 3.05) is 0 Å². The second kappa shape index (κ2) is 41.8. The summed E-state index contributed by atoms with van der Waals surface area (Å²) in [7, 11) is 0. The van der Waals surface area contributed by atoms with Crippen molar-refractivity contribution in [1.82, 2.24) is 0 Å². The Morgan fingerprint density at radius 3 is 1.50 bits per heavy atom. The summed E-state index contributed by atoms with van der Waals surface area (Å²) < 4.78 is 0. The Labute approximate surface area is 65.4 Å². The van der Waals surface area contributed by atoms with Crippen molar-refractivity contribution in [3.05, 3.63) is 7.43 Å². The van der Waals surface area contributed by atoms with E-state index < -0.39 is 0 Å². The molecule has 0 fully saturated rings. The summed E-state index contributed by atoms with van der Waals surface area (Å²) in [4.78, 5) is 8.68. The van der Waals surface area contributed by atoms with Crippen molar-refractivity contribution < 1.29 is 37.5 Å². The first-order chi connectivity index (χ1) is 1.41. The van der Waals surface area contributed by atoms with Crippen LogP contribution < -0.4 is 0 Å². The maximum atomic E-state index is 8.68. The molecule has 0 N–H and O–H groups in total. The molecular formula is C4H10OY-2. The summed E-state index contributed by atoms with van der Waals surface area (Å²) in [6.45, 7) is 1.32. The minimum Gasteiger partial charge on any atom is -0.542 e. The van der Waals surface area contributed by atoms with Gasteiger partial charge in [-0.25, -0.2) is 0 Å². The minimum atomic E-state index is 0. The number of hydrogen-bond donors (Lipinski definition) is 0. The zero-order valence-electron chi connectivity index (χ0n) is 3.49. The van der Waals surface area contributed by atoms with E-state index >= 15 is 0 Å². The van der Waals surface area contributed by atoms with Crippen LogP contribution in [0.1, 0.15) is 14.4 Å². The third kappa shape index (κ3) is 114. The van der Waals surface area contributed by atoms with Crippen molar-refractivity contribution in [2.24, 2.45) is 0 Å². The average Bonchev–Trinajstić information content (AvgIpc) is 0.918. The zero-order valence-corrected chi connectivity index (χ0v) is 6.32. The molecule has 0 saturated heterocycles. The van der Waals surface area contributed by atoms with Crippen molar-refractivity contribution in [1.29, 1.82) is 0 Å². The van der Waals surface area contributed by atoms with Crippen LogP contribution in [0.4, 0.5) is 0 Å². The Kier molecular flexibility index (Phi) is 205. The largest absolute Gasteiger partial charge is 0.542 e. The van der Waals surface area contributed by atoms with Crippen LogP contribution in [-0.2, 0) is 37.5 Å². The van der Waals surface area contributed by atoms with Crippen molar-refractivity contribution in [3.8, 4) is 0 Å². The molecule has 0 unspecified atom stereocenters. The molecule has 0 aliphatic heterocycles. The molecule has 37 valence electrons. The minimum absolute atomic E-state index is 0. The van der Waals surface area contributed by atoms with Gasteiger partial charge in [0.25, 0.3) is 0 Å². The Morgan fingerprint density at radius 2 is 1.50 bits per heavy atom. The number of hydrogen-bond acceptors (Lipinski definition) is 1. The van der Waals surface area contributed by atoms with Gasteiger partial charge in [0.05, 0.1) is 0 Å². The normalized spacial score (nSPS) is 2.17. The van der Waals surface area contributed by atoms with Crippen LogP contribution >= 0.6 is 0 Å². The van der Waals surface area contributed by atoms with Gasteiger partial charge < -0.3 is 12.2 Å². The van der Waals surface area contributed by atoms with Gasteiger partial charge in [-0.1, -0.05) is 7.43 Å². The molecule has 0 heterocycles. The van der Waals surface area contributed by atoms with Gasteiger partial charge in [0.15, 0.2) is 0 Å². The van der Waals surface area contributed by atoms with Crippen LogP contribution in [0.5, 0.6) is 0 Å². The molecule has 0 aromatic carbocycles. The Bertz CT molecular complexity index is 15.0. The molecule has 0 spiro atoms. The third-order valence-corrected chi connectivity index (χ3v) is 0. The molecule has 0 aromatic rings. The molecule has 0 rings (SSSR count). The molecule has 1 radical (unpaired) electrons. The maximum Gasteiger partial charge on any atom is 0 e. The van der Waals surface area contributed by atoms with E-state index in [4.69, 9.17) is 4.79 Å². The maximum absolute atomic E-state index is 8.68. The molecule has 1 nitrogen and oxygen atoms in total. The molecule has 0 saturated carbocycles. The standard InChI is InChI=1S/C2H3O.CH4.CH3.Y/c1-2-3;;;/h1H3;1H4;1H3;/q-1;;-1;. The van der Waals surface area contributed by atoms with Crippen LogP contribution in [0.15, 0.2) is 0 Å². The molecule has 0 aliphatic carbocycles. The summed E-state index contributed by atoms with van der Waals surface area (Å²) in [5, 5.41) is 0. The van der Waals surface area contributed by atoms with E-state index in [-0.39, 0.29) is 47.6 Å². The SMILES string of the molecule is C.C[C-]=O.[CH3-].[Y]. The second-order valence-corrected chi connectivity index (χ2v) is 0.204. The van der Waals surface area contributed by atoms with E-state index in [0.717, 1.165) is 0 Å².